The third-order valence-corrected chi connectivity index (χ3v) is 5.93. The summed E-state index contributed by atoms with van der Waals surface area (Å²) in [7, 11) is 0. The topological polar surface area (TPSA) is 104 Å². The zero-order chi connectivity index (χ0) is 27.1. The van der Waals surface area contributed by atoms with E-state index in [1.54, 1.807) is 50.5 Å². The molecule has 38 heavy (non-hydrogen) atoms. The van der Waals surface area contributed by atoms with E-state index >= 15 is 0 Å². The van der Waals surface area contributed by atoms with E-state index in [0.29, 0.717) is 45.3 Å². The van der Waals surface area contributed by atoms with Crippen molar-refractivity contribution in [3.63, 3.8) is 0 Å². The highest BCUT2D eigenvalue weighted by Gasteiger charge is 2.19. The van der Waals surface area contributed by atoms with E-state index in [2.05, 4.69) is 23.8 Å². The van der Waals surface area contributed by atoms with E-state index in [1.807, 2.05) is 24.3 Å². The molecule has 0 amide bonds. The minimum atomic E-state index is -0.483. The lowest BCUT2D eigenvalue weighted by Gasteiger charge is -2.12. The lowest BCUT2D eigenvalue weighted by atomic mass is 10.1. The lowest BCUT2D eigenvalue weighted by molar-refractivity contribution is 0.0516. The van der Waals surface area contributed by atoms with Crippen LogP contribution in [0.5, 0.6) is 0 Å². The first-order valence-corrected chi connectivity index (χ1v) is 12.7. The van der Waals surface area contributed by atoms with Gasteiger partial charge in [-0.25, -0.2) is 19.6 Å². The molecule has 0 aliphatic rings. The van der Waals surface area contributed by atoms with Crippen molar-refractivity contribution in [3.05, 3.63) is 83.2 Å². The number of ether oxygens (including phenoxy) is 2. The number of carbonyl (C=O) groups excluding carboxylic acids is 2. The second-order valence-electron chi connectivity index (χ2n) is 8.50. The van der Waals surface area contributed by atoms with Gasteiger partial charge in [0.2, 0.25) is 0 Å². The third-order valence-electron chi connectivity index (χ3n) is 5.93. The van der Waals surface area contributed by atoms with Gasteiger partial charge in [-0.2, -0.15) is 0 Å². The van der Waals surface area contributed by atoms with Crippen LogP contribution >= 0.6 is 0 Å². The third kappa shape index (κ3) is 6.08. The Morgan fingerprint density at radius 3 is 1.29 bits per heavy atom. The van der Waals surface area contributed by atoms with Crippen molar-refractivity contribution in [1.29, 1.82) is 0 Å². The Kier molecular flexibility index (Phi) is 8.53. The highest BCUT2D eigenvalue weighted by Crippen LogP contribution is 2.28. The molecule has 0 fully saturated rings. The summed E-state index contributed by atoms with van der Waals surface area (Å²) in [4.78, 5) is 44.1. The summed E-state index contributed by atoms with van der Waals surface area (Å²) < 4.78 is 10.6. The SMILES string of the molecule is CCOC(=O)c1cc(-c2cc(CC)ccn2)nc(-c2cc(C(=O)OCC)cc(-c3cc(CC)ccn3)n2)c1. The molecule has 194 valence electrons. The predicted molar refractivity (Wildman–Crippen MR) is 145 cm³/mol. The first-order valence-electron chi connectivity index (χ1n) is 12.7. The van der Waals surface area contributed by atoms with Crippen LogP contribution in [0.15, 0.2) is 60.9 Å². The number of carbonyl (C=O) groups is 2. The molecule has 0 N–H and O–H groups in total. The van der Waals surface area contributed by atoms with Gasteiger partial charge in [0, 0.05) is 12.4 Å². The quantitative estimate of drug-likeness (QED) is 0.262. The van der Waals surface area contributed by atoms with Crippen molar-refractivity contribution in [2.75, 3.05) is 13.2 Å². The first kappa shape index (κ1) is 26.6. The lowest BCUT2D eigenvalue weighted by Crippen LogP contribution is -2.08. The summed E-state index contributed by atoms with van der Waals surface area (Å²) in [5.74, 6) is -0.966. The van der Waals surface area contributed by atoms with Gasteiger partial charge in [-0.15, -0.1) is 0 Å². The number of hydrogen-bond acceptors (Lipinski definition) is 8. The molecule has 4 aromatic heterocycles. The van der Waals surface area contributed by atoms with Gasteiger partial charge in [0.05, 0.1) is 58.5 Å². The average Bonchev–Trinajstić information content (AvgIpc) is 2.97. The van der Waals surface area contributed by atoms with Crippen molar-refractivity contribution >= 4 is 11.9 Å². The molecular formula is C30H30N4O4. The van der Waals surface area contributed by atoms with Crippen molar-refractivity contribution in [2.45, 2.75) is 40.5 Å². The fourth-order valence-electron chi connectivity index (χ4n) is 3.92. The van der Waals surface area contributed by atoms with Crippen LogP contribution in [-0.2, 0) is 22.3 Å². The van der Waals surface area contributed by atoms with Crippen molar-refractivity contribution < 1.29 is 19.1 Å². The number of pyridine rings is 4. The standard InChI is InChI=1S/C30H30N4O4/c1-5-19-9-11-31-23(13-19)25-15-21(29(35)37-7-3)17-27(33-25)28-18-22(30(36)38-8-4)16-26(34-28)24-14-20(6-2)10-12-32-24/h9-18H,5-8H2,1-4H3. The van der Waals surface area contributed by atoms with Crippen LogP contribution in [0.3, 0.4) is 0 Å². The number of aromatic nitrogens is 4. The van der Waals surface area contributed by atoms with Crippen LogP contribution in [0.1, 0.15) is 59.5 Å². The Morgan fingerprint density at radius 1 is 0.579 bits per heavy atom. The predicted octanol–water partition coefficient (Wildman–Crippen LogP) is 5.75. The molecule has 8 nitrogen and oxygen atoms in total. The van der Waals surface area contributed by atoms with E-state index < -0.39 is 11.9 Å². The first-order chi connectivity index (χ1) is 18.4. The molecule has 4 rings (SSSR count). The molecule has 0 spiro atoms. The van der Waals surface area contributed by atoms with Gasteiger partial charge in [0.1, 0.15) is 0 Å². The molecule has 0 saturated heterocycles. The monoisotopic (exact) mass is 510 g/mol. The van der Waals surface area contributed by atoms with Gasteiger partial charge >= 0.3 is 11.9 Å². The van der Waals surface area contributed by atoms with E-state index in [4.69, 9.17) is 19.4 Å². The van der Waals surface area contributed by atoms with E-state index in [0.717, 1.165) is 24.0 Å². The normalized spacial score (nSPS) is 10.7. The van der Waals surface area contributed by atoms with Gasteiger partial charge in [0.25, 0.3) is 0 Å². The minimum absolute atomic E-state index is 0.232. The van der Waals surface area contributed by atoms with Gasteiger partial charge in [-0.1, -0.05) is 13.8 Å². The second kappa shape index (κ2) is 12.2. The fraction of sp³-hybridized carbons (Fsp3) is 0.267. The summed E-state index contributed by atoms with van der Waals surface area (Å²) in [6.07, 6.45) is 5.10. The summed E-state index contributed by atoms with van der Waals surface area (Å²) >= 11 is 0. The van der Waals surface area contributed by atoms with E-state index in [1.165, 1.54) is 0 Å². The van der Waals surface area contributed by atoms with Gasteiger partial charge < -0.3 is 9.47 Å². The molecule has 0 aliphatic heterocycles. The molecule has 0 saturated carbocycles. The highest BCUT2D eigenvalue weighted by atomic mass is 16.5. The van der Waals surface area contributed by atoms with Crippen LogP contribution in [0, 0.1) is 0 Å². The summed E-state index contributed by atoms with van der Waals surface area (Å²) in [5, 5.41) is 0. The van der Waals surface area contributed by atoms with Crippen molar-refractivity contribution in [3.8, 4) is 34.2 Å². The molecule has 4 heterocycles. The minimum Gasteiger partial charge on any atom is -0.462 e. The van der Waals surface area contributed by atoms with Gasteiger partial charge in [-0.05, 0) is 86.3 Å². The van der Waals surface area contributed by atoms with Crippen LogP contribution in [0.25, 0.3) is 34.2 Å². The molecule has 8 heteroatoms. The molecule has 0 radical (unpaired) electrons. The van der Waals surface area contributed by atoms with Crippen LogP contribution < -0.4 is 0 Å². The molecular weight excluding hydrogens is 480 g/mol. The molecule has 0 bridgehead atoms. The molecule has 0 aromatic carbocycles. The molecule has 0 unspecified atom stereocenters. The smallest absolute Gasteiger partial charge is 0.338 e. The zero-order valence-corrected chi connectivity index (χ0v) is 22.0. The van der Waals surface area contributed by atoms with Crippen molar-refractivity contribution in [1.82, 2.24) is 19.9 Å². The largest absolute Gasteiger partial charge is 0.462 e. The second-order valence-corrected chi connectivity index (χ2v) is 8.50. The number of hydrogen-bond donors (Lipinski definition) is 0. The molecule has 4 aromatic rings. The Labute approximate surface area is 222 Å². The fourth-order valence-corrected chi connectivity index (χ4v) is 3.92. The van der Waals surface area contributed by atoms with Crippen LogP contribution in [0.2, 0.25) is 0 Å². The van der Waals surface area contributed by atoms with Gasteiger partial charge in [-0.3, -0.25) is 9.97 Å². The Bertz CT molecular complexity index is 1360. The molecule has 0 aliphatic carbocycles. The van der Waals surface area contributed by atoms with E-state index in [9.17, 15) is 9.59 Å². The maximum atomic E-state index is 12.8. The number of esters is 2. The van der Waals surface area contributed by atoms with Crippen LogP contribution in [-0.4, -0.2) is 45.1 Å². The summed E-state index contributed by atoms with van der Waals surface area (Å²) in [5.41, 5.74) is 5.83. The Hall–Kier alpha value is -4.46. The van der Waals surface area contributed by atoms with Gasteiger partial charge in [0.15, 0.2) is 0 Å². The average molecular weight is 511 g/mol. The number of nitrogens with zero attached hydrogens (tertiary/aromatic N) is 4. The highest BCUT2D eigenvalue weighted by molar-refractivity contribution is 5.94. The zero-order valence-electron chi connectivity index (χ0n) is 22.0. The molecule has 0 atom stereocenters. The summed E-state index contributed by atoms with van der Waals surface area (Å²) in [6.45, 7) is 8.08. The van der Waals surface area contributed by atoms with Crippen molar-refractivity contribution in [2.24, 2.45) is 0 Å². The maximum Gasteiger partial charge on any atom is 0.338 e. The Balaban J connectivity index is 1.93. The maximum absolute atomic E-state index is 12.8. The number of rotatable bonds is 9. The number of aryl methyl sites for hydroxylation is 2. The Morgan fingerprint density at radius 2 is 0.947 bits per heavy atom. The summed E-state index contributed by atoms with van der Waals surface area (Å²) in [6, 6.07) is 14.3. The van der Waals surface area contributed by atoms with Crippen LogP contribution in [0.4, 0.5) is 0 Å². The van der Waals surface area contributed by atoms with E-state index in [-0.39, 0.29) is 13.2 Å².